The van der Waals surface area contributed by atoms with E-state index in [1.807, 2.05) is 0 Å². The van der Waals surface area contributed by atoms with E-state index in [4.69, 9.17) is 20.8 Å². The van der Waals surface area contributed by atoms with Crippen LogP contribution < -0.4 is 10.2 Å². The molecule has 0 spiro atoms. The summed E-state index contributed by atoms with van der Waals surface area (Å²) in [4.78, 5) is 50.9. The summed E-state index contributed by atoms with van der Waals surface area (Å²) in [6, 6.07) is 19.2. The van der Waals surface area contributed by atoms with Crippen molar-refractivity contribution in [2.24, 2.45) is 0 Å². The second kappa shape index (κ2) is 8.61. The van der Waals surface area contributed by atoms with Gasteiger partial charge in [-0.15, -0.1) is 0 Å². The molecule has 0 saturated carbocycles. The van der Waals surface area contributed by atoms with Crippen molar-refractivity contribution in [3.8, 4) is 17.1 Å². The van der Waals surface area contributed by atoms with Crippen LogP contribution in [0.25, 0.3) is 22.3 Å². The molecule has 2 heterocycles. The Labute approximate surface area is 198 Å². The molecule has 4 aromatic rings. The number of carbonyl (C=O) groups is 3. The second-order valence-corrected chi connectivity index (χ2v) is 8.11. The number of fused-ring (bicyclic) bond motifs is 2. The SMILES string of the molecule is O=C(CCN1C(=O)c2ccccc2C1=O)Oc1ccc2oc(-c3ccc(Cl)cc3)cc(=O)c2c1. The molecule has 1 aromatic heterocycles. The quantitative estimate of drug-likeness (QED) is 0.237. The lowest BCUT2D eigenvalue weighted by molar-refractivity contribution is -0.134. The van der Waals surface area contributed by atoms with Gasteiger partial charge in [-0.1, -0.05) is 23.7 Å². The normalized spacial score (nSPS) is 12.8. The fraction of sp³-hybridized carbons (Fsp3) is 0.0769. The molecule has 5 rings (SSSR count). The maximum Gasteiger partial charge on any atom is 0.312 e. The van der Waals surface area contributed by atoms with Crippen molar-refractivity contribution in [2.45, 2.75) is 6.42 Å². The summed E-state index contributed by atoms with van der Waals surface area (Å²) in [6.45, 7) is -0.106. The predicted octanol–water partition coefficient (Wildman–Crippen LogP) is 4.71. The first-order valence-corrected chi connectivity index (χ1v) is 10.8. The summed E-state index contributed by atoms with van der Waals surface area (Å²) < 4.78 is 11.2. The van der Waals surface area contributed by atoms with Crippen molar-refractivity contribution in [1.82, 2.24) is 4.90 Å². The number of halogens is 1. The Morgan fingerprint density at radius 2 is 1.56 bits per heavy atom. The average molecular weight is 474 g/mol. The molecule has 1 aliphatic heterocycles. The zero-order chi connectivity index (χ0) is 23.8. The van der Waals surface area contributed by atoms with Gasteiger partial charge in [0.25, 0.3) is 11.8 Å². The molecule has 168 valence electrons. The number of ether oxygens (including phenoxy) is 1. The molecule has 0 radical (unpaired) electrons. The van der Waals surface area contributed by atoms with Crippen molar-refractivity contribution < 1.29 is 23.5 Å². The molecule has 2 amide bonds. The Morgan fingerprint density at radius 3 is 2.24 bits per heavy atom. The van der Waals surface area contributed by atoms with Crippen LogP contribution in [0.5, 0.6) is 5.75 Å². The minimum atomic E-state index is -0.641. The number of amides is 2. The highest BCUT2D eigenvalue weighted by atomic mass is 35.5. The molecule has 8 heteroatoms. The van der Waals surface area contributed by atoms with Gasteiger partial charge in [0, 0.05) is 23.2 Å². The van der Waals surface area contributed by atoms with Crippen LogP contribution in [0.15, 0.2) is 82.0 Å². The van der Waals surface area contributed by atoms with E-state index in [1.54, 1.807) is 54.6 Å². The lowest BCUT2D eigenvalue weighted by Gasteiger charge is -2.13. The first-order chi connectivity index (χ1) is 16.4. The monoisotopic (exact) mass is 473 g/mol. The third-order valence-corrected chi connectivity index (χ3v) is 5.73. The number of benzene rings is 3. The minimum Gasteiger partial charge on any atom is -0.456 e. The van der Waals surface area contributed by atoms with E-state index in [0.29, 0.717) is 33.1 Å². The Kier molecular flexibility index (Phi) is 5.47. The van der Waals surface area contributed by atoms with Crippen LogP contribution in [0, 0.1) is 0 Å². The Morgan fingerprint density at radius 1 is 0.882 bits per heavy atom. The van der Waals surface area contributed by atoms with Crippen molar-refractivity contribution in [3.63, 3.8) is 0 Å². The first-order valence-electron chi connectivity index (χ1n) is 10.4. The molecule has 34 heavy (non-hydrogen) atoms. The number of hydrogen-bond donors (Lipinski definition) is 0. The number of nitrogens with zero attached hydrogens (tertiary/aromatic N) is 1. The highest BCUT2D eigenvalue weighted by Gasteiger charge is 2.35. The second-order valence-electron chi connectivity index (χ2n) is 7.67. The number of esters is 1. The summed E-state index contributed by atoms with van der Waals surface area (Å²) in [5.74, 6) is -0.967. The molecule has 0 fully saturated rings. The van der Waals surface area contributed by atoms with E-state index >= 15 is 0 Å². The van der Waals surface area contributed by atoms with Gasteiger partial charge in [0.05, 0.1) is 22.9 Å². The van der Waals surface area contributed by atoms with E-state index in [0.717, 1.165) is 4.90 Å². The molecule has 0 saturated heterocycles. The number of carbonyl (C=O) groups excluding carboxylic acids is 3. The van der Waals surface area contributed by atoms with Gasteiger partial charge in [0.2, 0.25) is 0 Å². The standard InChI is InChI=1S/C26H16ClNO6/c27-16-7-5-15(6-8-16)23-14-21(29)20-13-17(9-10-22(20)34-23)33-24(30)11-12-28-25(31)18-3-1-2-4-19(18)26(28)32/h1-10,13-14H,11-12H2. The van der Waals surface area contributed by atoms with Crippen LogP contribution in [0.3, 0.4) is 0 Å². The summed E-state index contributed by atoms with van der Waals surface area (Å²) >= 11 is 5.91. The van der Waals surface area contributed by atoms with Gasteiger partial charge >= 0.3 is 5.97 Å². The van der Waals surface area contributed by atoms with Crippen molar-refractivity contribution in [1.29, 1.82) is 0 Å². The molecule has 0 atom stereocenters. The zero-order valence-corrected chi connectivity index (χ0v) is 18.4. The molecule has 7 nitrogen and oxygen atoms in total. The smallest absolute Gasteiger partial charge is 0.312 e. The third kappa shape index (κ3) is 3.97. The molecule has 0 unspecified atom stereocenters. The van der Waals surface area contributed by atoms with Crippen LogP contribution in [0.4, 0.5) is 0 Å². The summed E-state index contributed by atoms with van der Waals surface area (Å²) in [5.41, 5.74) is 1.38. The van der Waals surface area contributed by atoms with Gasteiger partial charge in [0.15, 0.2) is 5.43 Å². The van der Waals surface area contributed by atoms with Gasteiger partial charge < -0.3 is 9.15 Å². The van der Waals surface area contributed by atoms with Gasteiger partial charge in [-0.25, -0.2) is 0 Å². The van der Waals surface area contributed by atoms with Crippen molar-refractivity contribution >= 4 is 40.4 Å². The van der Waals surface area contributed by atoms with Crippen molar-refractivity contribution in [3.05, 3.63) is 99.2 Å². The lowest BCUT2D eigenvalue weighted by atomic mass is 10.1. The van der Waals surface area contributed by atoms with Crippen LogP contribution in [-0.4, -0.2) is 29.2 Å². The third-order valence-electron chi connectivity index (χ3n) is 5.48. The minimum absolute atomic E-state index is 0.106. The Balaban J connectivity index is 1.29. The van der Waals surface area contributed by atoms with Crippen LogP contribution in [0.1, 0.15) is 27.1 Å². The fourth-order valence-electron chi connectivity index (χ4n) is 3.78. The van der Waals surface area contributed by atoms with Crippen LogP contribution in [0.2, 0.25) is 5.02 Å². The lowest BCUT2D eigenvalue weighted by Crippen LogP contribution is -2.32. The van der Waals surface area contributed by atoms with E-state index < -0.39 is 17.8 Å². The van der Waals surface area contributed by atoms with E-state index in [2.05, 4.69) is 0 Å². The molecule has 3 aromatic carbocycles. The average Bonchev–Trinajstić information content (AvgIpc) is 3.08. The summed E-state index contributed by atoms with van der Waals surface area (Å²) in [6.07, 6.45) is -0.187. The van der Waals surface area contributed by atoms with E-state index in [9.17, 15) is 19.2 Å². The van der Waals surface area contributed by atoms with Crippen LogP contribution >= 0.6 is 11.6 Å². The zero-order valence-electron chi connectivity index (χ0n) is 17.6. The van der Waals surface area contributed by atoms with Gasteiger partial charge in [0.1, 0.15) is 17.1 Å². The summed E-state index contributed by atoms with van der Waals surface area (Å²) in [5, 5.41) is 0.824. The van der Waals surface area contributed by atoms with Crippen molar-refractivity contribution in [2.75, 3.05) is 6.54 Å². The predicted molar refractivity (Wildman–Crippen MR) is 125 cm³/mol. The highest BCUT2D eigenvalue weighted by molar-refractivity contribution is 6.30. The largest absolute Gasteiger partial charge is 0.456 e. The van der Waals surface area contributed by atoms with E-state index in [1.165, 1.54) is 18.2 Å². The Bertz CT molecular complexity index is 1490. The molecule has 0 bridgehead atoms. The first kappa shape index (κ1) is 21.6. The molecular formula is C26H16ClNO6. The maximum atomic E-state index is 12.6. The topological polar surface area (TPSA) is 93.9 Å². The Hall–Kier alpha value is -4.23. The highest BCUT2D eigenvalue weighted by Crippen LogP contribution is 2.26. The van der Waals surface area contributed by atoms with Gasteiger partial charge in [-0.3, -0.25) is 24.1 Å². The maximum absolute atomic E-state index is 12.6. The van der Waals surface area contributed by atoms with E-state index in [-0.39, 0.29) is 29.5 Å². The number of hydrogen-bond acceptors (Lipinski definition) is 6. The molecule has 0 aliphatic carbocycles. The molecule has 0 N–H and O–H groups in total. The number of rotatable bonds is 5. The summed E-state index contributed by atoms with van der Waals surface area (Å²) in [7, 11) is 0. The van der Waals surface area contributed by atoms with Crippen LogP contribution in [-0.2, 0) is 4.79 Å². The van der Waals surface area contributed by atoms with Gasteiger partial charge in [-0.2, -0.15) is 0 Å². The van der Waals surface area contributed by atoms with Gasteiger partial charge in [-0.05, 0) is 54.6 Å². The number of imide groups is 1. The fourth-order valence-corrected chi connectivity index (χ4v) is 3.91. The molecular weight excluding hydrogens is 458 g/mol. The molecule has 1 aliphatic rings.